The van der Waals surface area contributed by atoms with Crippen molar-refractivity contribution in [2.24, 2.45) is 11.3 Å². The van der Waals surface area contributed by atoms with Crippen LogP contribution in [0.3, 0.4) is 0 Å². The minimum Gasteiger partial charge on any atom is -0.396 e. The lowest BCUT2D eigenvalue weighted by atomic mass is 9.66. The van der Waals surface area contributed by atoms with E-state index in [0.29, 0.717) is 5.92 Å². The summed E-state index contributed by atoms with van der Waals surface area (Å²) in [5.41, 5.74) is 1.14. The van der Waals surface area contributed by atoms with E-state index in [9.17, 15) is 10.2 Å². The molecule has 0 aromatic carbocycles. The monoisotopic (exact) mass is 196 g/mol. The molecule has 2 N–H and O–H groups in total. The topological polar surface area (TPSA) is 40.5 Å². The highest BCUT2D eigenvalue weighted by molar-refractivity contribution is 5.19. The molecule has 0 unspecified atom stereocenters. The molecule has 0 radical (unpaired) electrons. The standard InChI is InChI=1S/C12H20O2/c1-12(8-13)7-10-5-3-2-4-9(10)6-11(12)14/h6,10-11,13-14H,2-5,7-8H2,1H3/t10-,11-,12-/m1/s1. The van der Waals surface area contributed by atoms with Crippen LogP contribution in [0.4, 0.5) is 0 Å². The number of aliphatic hydroxyl groups is 2. The molecule has 2 aliphatic carbocycles. The smallest absolute Gasteiger partial charge is 0.0799 e. The molecule has 3 atom stereocenters. The third-order valence-electron chi connectivity index (χ3n) is 3.95. The molecule has 0 spiro atoms. The Labute approximate surface area is 85.6 Å². The molecule has 0 heterocycles. The first-order valence-electron chi connectivity index (χ1n) is 5.65. The van der Waals surface area contributed by atoms with Gasteiger partial charge in [0, 0.05) is 5.41 Å². The van der Waals surface area contributed by atoms with Crippen molar-refractivity contribution in [2.75, 3.05) is 6.61 Å². The molecule has 80 valence electrons. The van der Waals surface area contributed by atoms with E-state index in [1.54, 1.807) is 0 Å². The second-order valence-electron chi connectivity index (χ2n) is 5.15. The zero-order chi connectivity index (χ0) is 10.2. The highest BCUT2D eigenvalue weighted by Crippen LogP contribution is 2.44. The average Bonchev–Trinajstić information content (AvgIpc) is 2.20. The van der Waals surface area contributed by atoms with Crippen molar-refractivity contribution in [3.05, 3.63) is 11.6 Å². The highest BCUT2D eigenvalue weighted by Gasteiger charge is 2.39. The van der Waals surface area contributed by atoms with Gasteiger partial charge in [-0.3, -0.25) is 0 Å². The van der Waals surface area contributed by atoms with Gasteiger partial charge < -0.3 is 10.2 Å². The van der Waals surface area contributed by atoms with E-state index in [4.69, 9.17) is 0 Å². The average molecular weight is 196 g/mol. The molecule has 0 saturated heterocycles. The Bertz CT molecular complexity index is 247. The largest absolute Gasteiger partial charge is 0.396 e. The zero-order valence-electron chi connectivity index (χ0n) is 8.87. The van der Waals surface area contributed by atoms with Gasteiger partial charge in [0.2, 0.25) is 0 Å². The minimum atomic E-state index is -0.447. The molecule has 0 aromatic heterocycles. The van der Waals surface area contributed by atoms with Crippen LogP contribution in [-0.2, 0) is 0 Å². The molecular formula is C12H20O2. The van der Waals surface area contributed by atoms with Crippen molar-refractivity contribution in [1.29, 1.82) is 0 Å². The van der Waals surface area contributed by atoms with Crippen molar-refractivity contribution in [2.45, 2.75) is 45.1 Å². The second-order valence-corrected chi connectivity index (χ2v) is 5.15. The molecule has 2 heteroatoms. The molecule has 14 heavy (non-hydrogen) atoms. The number of fused-ring (bicyclic) bond motifs is 1. The van der Waals surface area contributed by atoms with Crippen LogP contribution in [0.1, 0.15) is 39.0 Å². The van der Waals surface area contributed by atoms with Crippen molar-refractivity contribution >= 4 is 0 Å². The summed E-state index contributed by atoms with van der Waals surface area (Å²) in [6.45, 7) is 2.08. The van der Waals surface area contributed by atoms with Crippen molar-refractivity contribution in [3.8, 4) is 0 Å². The van der Waals surface area contributed by atoms with Gasteiger partial charge in [-0.05, 0) is 31.6 Å². The molecule has 0 amide bonds. The molecule has 2 rings (SSSR count). The first-order valence-corrected chi connectivity index (χ1v) is 5.65. The Morgan fingerprint density at radius 3 is 3.00 bits per heavy atom. The highest BCUT2D eigenvalue weighted by atomic mass is 16.3. The first kappa shape index (κ1) is 10.2. The predicted molar refractivity (Wildman–Crippen MR) is 55.9 cm³/mol. The van der Waals surface area contributed by atoms with Crippen molar-refractivity contribution in [1.82, 2.24) is 0 Å². The van der Waals surface area contributed by atoms with Gasteiger partial charge in [0.1, 0.15) is 0 Å². The van der Waals surface area contributed by atoms with Gasteiger partial charge >= 0.3 is 0 Å². The molecule has 2 aliphatic rings. The van der Waals surface area contributed by atoms with Crippen LogP contribution in [0, 0.1) is 11.3 Å². The Kier molecular flexibility index (Phi) is 2.67. The summed E-state index contributed by atoms with van der Waals surface area (Å²) in [4.78, 5) is 0. The lowest BCUT2D eigenvalue weighted by Gasteiger charge is -2.42. The van der Waals surface area contributed by atoms with Crippen LogP contribution in [0.15, 0.2) is 11.6 Å². The van der Waals surface area contributed by atoms with Gasteiger partial charge in [-0.15, -0.1) is 0 Å². The van der Waals surface area contributed by atoms with E-state index in [1.807, 2.05) is 13.0 Å². The number of hydrogen-bond donors (Lipinski definition) is 2. The van der Waals surface area contributed by atoms with Crippen LogP contribution in [-0.4, -0.2) is 22.9 Å². The maximum Gasteiger partial charge on any atom is 0.0799 e. The summed E-state index contributed by atoms with van der Waals surface area (Å²) in [6, 6.07) is 0. The quantitative estimate of drug-likeness (QED) is 0.628. The van der Waals surface area contributed by atoms with Crippen LogP contribution in [0.25, 0.3) is 0 Å². The van der Waals surface area contributed by atoms with Gasteiger partial charge in [-0.1, -0.05) is 25.0 Å². The van der Waals surface area contributed by atoms with Gasteiger partial charge in [0.15, 0.2) is 0 Å². The summed E-state index contributed by atoms with van der Waals surface area (Å²) in [7, 11) is 0. The molecule has 1 fully saturated rings. The van der Waals surface area contributed by atoms with E-state index in [0.717, 1.165) is 12.8 Å². The zero-order valence-corrected chi connectivity index (χ0v) is 8.87. The Balaban J connectivity index is 2.20. The molecule has 0 aliphatic heterocycles. The van der Waals surface area contributed by atoms with Gasteiger partial charge in [-0.2, -0.15) is 0 Å². The third-order valence-corrected chi connectivity index (χ3v) is 3.95. The van der Waals surface area contributed by atoms with Crippen LogP contribution < -0.4 is 0 Å². The van der Waals surface area contributed by atoms with Gasteiger partial charge in [0.05, 0.1) is 12.7 Å². The van der Waals surface area contributed by atoms with E-state index in [1.165, 1.54) is 24.8 Å². The number of hydrogen-bond acceptors (Lipinski definition) is 2. The summed E-state index contributed by atoms with van der Waals surface area (Å²) < 4.78 is 0. The Hall–Kier alpha value is -0.340. The molecule has 0 aromatic rings. The predicted octanol–water partition coefficient (Wildman–Crippen LogP) is 1.87. The van der Waals surface area contributed by atoms with E-state index < -0.39 is 6.10 Å². The summed E-state index contributed by atoms with van der Waals surface area (Å²) in [6.07, 6.45) is 7.49. The van der Waals surface area contributed by atoms with E-state index >= 15 is 0 Å². The SMILES string of the molecule is C[C@]1(CO)C[C@H]2CCCCC2=C[C@H]1O. The normalized spacial score (nSPS) is 42.9. The number of rotatable bonds is 1. The first-order chi connectivity index (χ1) is 6.65. The summed E-state index contributed by atoms with van der Waals surface area (Å²) in [5, 5.41) is 19.3. The lowest BCUT2D eigenvalue weighted by Crippen LogP contribution is -2.41. The van der Waals surface area contributed by atoms with Crippen molar-refractivity contribution < 1.29 is 10.2 Å². The molecular weight excluding hydrogens is 176 g/mol. The minimum absolute atomic E-state index is 0.0917. The summed E-state index contributed by atoms with van der Waals surface area (Å²) >= 11 is 0. The molecule has 2 nitrogen and oxygen atoms in total. The lowest BCUT2D eigenvalue weighted by molar-refractivity contribution is -0.00329. The second kappa shape index (κ2) is 3.67. The van der Waals surface area contributed by atoms with Crippen LogP contribution in [0.2, 0.25) is 0 Å². The number of allylic oxidation sites excluding steroid dienone is 1. The molecule has 1 saturated carbocycles. The van der Waals surface area contributed by atoms with Crippen LogP contribution in [0.5, 0.6) is 0 Å². The fourth-order valence-corrected chi connectivity index (χ4v) is 2.81. The fourth-order valence-electron chi connectivity index (χ4n) is 2.81. The third kappa shape index (κ3) is 1.61. The van der Waals surface area contributed by atoms with E-state index in [-0.39, 0.29) is 12.0 Å². The fraction of sp³-hybridized carbons (Fsp3) is 0.833. The van der Waals surface area contributed by atoms with Crippen LogP contribution >= 0.6 is 0 Å². The van der Waals surface area contributed by atoms with E-state index in [2.05, 4.69) is 0 Å². The maximum atomic E-state index is 9.93. The Morgan fingerprint density at radius 2 is 2.29 bits per heavy atom. The number of aliphatic hydroxyl groups excluding tert-OH is 2. The van der Waals surface area contributed by atoms with Gasteiger partial charge in [0.25, 0.3) is 0 Å². The summed E-state index contributed by atoms with van der Waals surface area (Å²) in [5.74, 6) is 0.629. The molecule has 0 bridgehead atoms. The van der Waals surface area contributed by atoms with Crippen molar-refractivity contribution in [3.63, 3.8) is 0 Å². The Morgan fingerprint density at radius 1 is 1.50 bits per heavy atom. The maximum absolute atomic E-state index is 9.93. The van der Waals surface area contributed by atoms with Gasteiger partial charge in [-0.25, -0.2) is 0 Å².